The van der Waals surface area contributed by atoms with Crippen LogP contribution in [-0.4, -0.2) is 40.5 Å². The van der Waals surface area contributed by atoms with Crippen molar-refractivity contribution in [3.63, 3.8) is 0 Å². The van der Waals surface area contributed by atoms with E-state index in [1.54, 1.807) is 11.8 Å². The third-order valence-corrected chi connectivity index (χ3v) is 2.51. The molecule has 0 bridgehead atoms. The van der Waals surface area contributed by atoms with Gasteiger partial charge in [0.05, 0.1) is 6.61 Å². The molecule has 0 fully saturated rings. The topological polar surface area (TPSA) is 43.7 Å². The molecule has 0 amide bonds. The predicted octanol–water partition coefficient (Wildman–Crippen LogP) is 0.418. The third kappa shape index (κ3) is 2.43. The zero-order valence-corrected chi connectivity index (χ0v) is 7.83. The van der Waals surface area contributed by atoms with Crippen LogP contribution in [0.4, 0.5) is 0 Å². The summed E-state index contributed by atoms with van der Waals surface area (Å²) in [6, 6.07) is 0. The van der Waals surface area contributed by atoms with Gasteiger partial charge in [0, 0.05) is 5.54 Å². The molecule has 0 aromatic heterocycles. The average molecular weight is 161 g/mol. The van der Waals surface area contributed by atoms with Crippen molar-refractivity contribution in [1.29, 1.82) is 0 Å². The molecule has 0 saturated carbocycles. The van der Waals surface area contributed by atoms with Gasteiger partial charge in [-0.2, -0.15) is 0 Å². The summed E-state index contributed by atoms with van der Waals surface area (Å²) < 4.78 is 0. The van der Waals surface area contributed by atoms with Crippen molar-refractivity contribution >= 4 is 0 Å². The molecule has 0 aliphatic carbocycles. The second-order valence-corrected chi connectivity index (χ2v) is 3.25. The number of rotatable bonds is 4. The first kappa shape index (κ1) is 10.9. The van der Waals surface area contributed by atoms with E-state index in [2.05, 4.69) is 0 Å². The van der Waals surface area contributed by atoms with Crippen molar-refractivity contribution in [3.8, 4) is 0 Å². The normalized spacial score (nSPS) is 19.9. The van der Waals surface area contributed by atoms with Crippen molar-refractivity contribution in [3.05, 3.63) is 0 Å². The minimum Gasteiger partial charge on any atom is -0.394 e. The van der Waals surface area contributed by atoms with E-state index in [1.807, 2.05) is 20.9 Å². The molecule has 2 atom stereocenters. The van der Waals surface area contributed by atoms with Crippen molar-refractivity contribution in [2.45, 2.75) is 39.0 Å². The van der Waals surface area contributed by atoms with Gasteiger partial charge in [-0.25, -0.2) is 0 Å². The van der Waals surface area contributed by atoms with Crippen LogP contribution in [0.5, 0.6) is 0 Å². The maximum Gasteiger partial charge on any atom is 0.104 e. The molecule has 0 unspecified atom stereocenters. The Balaban J connectivity index is 4.24. The first-order valence-electron chi connectivity index (χ1n) is 4.00. The van der Waals surface area contributed by atoms with Crippen molar-refractivity contribution in [2.75, 3.05) is 13.7 Å². The number of hydrogen-bond donors (Lipinski definition) is 2. The Morgan fingerprint density at radius 3 is 2.09 bits per heavy atom. The molecule has 0 aromatic carbocycles. The second kappa shape index (κ2) is 4.04. The molecule has 2 N–H and O–H groups in total. The summed E-state index contributed by atoms with van der Waals surface area (Å²) in [4.78, 5) is 1.77. The van der Waals surface area contributed by atoms with Crippen molar-refractivity contribution in [1.82, 2.24) is 4.90 Å². The van der Waals surface area contributed by atoms with Gasteiger partial charge < -0.3 is 10.2 Å². The molecule has 0 aromatic rings. The van der Waals surface area contributed by atoms with Crippen LogP contribution in [0.2, 0.25) is 0 Å². The molecular formula is C8H19NO2. The first-order chi connectivity index (χ1) is 4.98. The van der Waals surface area contributed by atoms with Crippen LogP contribution < -0.4 is 0 Å². The average Bonchev–Trinajstić information content (AvgIpc) is 2.01. The van der Waals surface area contributed by atoms with E-state index < -0.39 is 6.23 Å². The molecule has 0 radical (unpaired) electrons. The van der Waals surface area contributed by atoms with Gasteiger partial charge in [0.25, 0.3) is 0 Å². The van der Waals surface area contributed by atoms with Gasteiger partial charge in [0.1, 0.15) is 6.23 Å². The number of aliphatic hydroxyl groups is 2. The van der Waals surface area contributed by atoms with E-state index in [9.17, 15) is 5.11 Å². The van der Waals surface area contributed by atoms with Gasteiger partial charge in [-0.3, -0.25) is 4.90 Å². The highest BCUT2D eigenvalue weighted by Gasteiger charge is 2.28. The van der Waals surface area contributed by atoms with Crippen LogP contribution in [0.1, 0.15) is 27.2 Å². The van der Waals surface area contributed by atoms with Crippen molar-refractivity contribution < 1.29 is 10.2 Å². The van der Waals surface area contributed by atoms with Crippen molar-refractivity contribution in [2.24, 2.45) is 0 Å². The van der Waals surface area contributed by atoms with E-state index in [1.165, 1.54) is 0 Å². The molecule has 0 aliphatic rings. The zero-order chi connectivity index (χ0) is 9.07. The minimum absolute atomic E-state index is 0.0743. The second-order valence-electron chi connectivity index (χ2n) is 3.25. The lowest BCUT2D eigenvalue weighted by atomic mass is 9.98. The van der Waals surface area contributed by atoms with E-state index in [0.717, 1.165) is 6.42 Å². The Labute approximate surface area is 68.6 Å². The Bertz CT molecular complexity index is 111. The van der Waals surface area contributed by atoms with Crippen LogP contribution in [0.3, 0.4) is 0 Å². The van der Waals surface area contributed by atoms with E-state index in [0.29, 0.717) is 0 Å². The van der Waals surface area contributed by atoms with E-state index in [4.69, 9.17) is 5.11 Å². The fraction of sp³-hybridized carbons (Fsp3) is 1.00. The van der Waals surface area contributed by atoms with Gasteiger partial charge >= 0.3 is 0 Å². The minimum atomic E-state index is -0.507. The van der Waals surface area contributed by atoms with Gasteiger partial charge in [-0.1, -0.05) is 6.92 Å². The lowest BCUT2D eigenvalue weighted by Crippen LogP contribution is -2.50. The van der Waals surface area contributed by atoms with Crippen LogP contribution in [-0.2, 0) is 0 Å². The van der Waals surface area contributed by atoms with E-state index >= 15 is 0 Å². The lowest BCUT2D eigenvalue weighted by molar-refractivity contribution is -0.0556. The first-order valence-corrected chi connectivity index (χ1v) is 4.00. The molecule has 11 heavy (non-hydrogen) atoms. The highest BCUT2D eigenvalue weighted by molar-refractivity contribution is 4.82. The summed E-state index contributed by atoms with van der Waals surface area (Å²) in [6.45, 7) is 5.70. The molecule has 3 heteroatoms. The van der Waals surface area contributed by atoms with Gasteiger partial charge in [0.15, 0.2) is 0 Å². The molecule has 0 heterocycles. The molecule has 3 nitrogen and oxygen atoms in total. The summed E-state index contributed by atoms with van der Waals surface area (Å²) in [7, 11) is 1.81. The number of hydrogen-bond acceptors (Lipinski definition) is 3. The highest BCUT2D eigenvalue weighted by atomic mass is 16.3. The number of nitrogens with zero attached hydrogens (tertiary/aromatic N) is 1. The Morgan fingerprint density at radius 1 is 1.55 bits per heavy atom. The zero-order valence-electron chi connectivity index (χ0n) is 7.83. The molecule has 0 spiro atoms. The summed E-state index contributed by atoms with van der Waals surface area (Å²) >= 11 is 0. The largest absolute Gasteiger partial charge is 0.394 e. The Morgan fingerprint density at radius 2 is 2.00 bits per heavy atom. The summed E-state index contributed by atoms with van der Waals surface area (Å²) in [5.41, 5.74) is -0.297. The molecule has 68 valence electrons. The maximum absolute atomic E-state index is 9.23. The predicted molar refractivity (Wildman–Crippen MR) is 45.2 cm³/mol. The van der Waals surface area contributed by atoms with Crippen LogP contribution >= 0.6 is 0 Å². The van der Waals surface area contributed by atoms with Crippen LogP contribution in [0, 0.1) is 0 Å². The SMILES string of the molecule is CC[C@](C)(CO)N(C)[C@H](C)O. The standard InChI is InChI=1S/C8H19NO2/c1-5-8(3,6-10)9(4)7(2)11/h7,10-11H,5-6H2,1-4H3/t7-,8+/m0/s1. The quantitative estimate of drug-likeness (QED) is 0.587. The maximum atomic E-state index is 9.23. The molecular weight excluding hydrogens is 142 g/mol. The number of likely N-dealkylation sites (N-methyl/N-ethyl adjacent to an activating group) is 1. The summed E-state index contributed by atoms with van der Waals surface area (Å²) in [6.07, 6.45) is 0.317. The Kier molecular flexibility index (Phi) is 4.00. The Hall–Kier alpha value is -0.120. The lowest BCUT2D eigenvalue weighted by Gasteiger charge is -2.38. The summed E-state index contributed by atoms with van der Waals surface area (Å²) in [5.74, 6) is 0. The van der Waals surface area contributed by atoms with Gasteiger partial charge in [-0.15, -0.1) is 0 Å². The van der Waals surface area contributed by atoms with Gasteiger partial charge in [-0.05, 0) is 27.3 Å². The molecule has 0 saturated heterocycles. The van der Waals surface area contributed by atoms with E-state index in [-0.39, 0.29) is 12.1 Å². The monoisotopic (exact) mass is 161 g/mol. The molecule has 0 aliphatic heterocycles. The van der Waals surface area contributed by atoms with Gasteiger partial charge in [0.2, 0.25) is 0 Å². The highest BCUT2D eigenvalue weighted by Crippen LogP contribution is 2.18. The fourth-order valence-corrected chi connectivity index (χ4v) is 0.924. The van der Waals surface area contributed by atoms with Crippen LogP contribution in [0.25, 0.3) is 0 Å². The number of aliphatic hydroxyl groups excluding tert-OH is 2. The fourth-order valence-electron chi connectivity index (χ4n) is 0.924. The summed E-state index contributed by atoms with van der Waals surface area (Å²) in [5, 5.41) is 18.3. The molecule has 0 rings (SSSR count). The third-order valence-electron chi connectivity index (χ3n) is 2.51. The smallest absolute Gasteiger partial charge is 0.104 e. The van der Waals surface area contributed by atoms with Crippen LogP contribution in [0.15, 0.2) is 0 Å².